The molecule has 2 rings (SSSR count). The topological polar surface area (TPSA) is 79.5 Å². The summed E-state index contributed by atoms with van der Waals surface area (Å²) in [6.07, 6.45) is -0.460. The highest BCUT2D eigenvalue weighted by molar-refractivity contribution is 6.33. The smallest absolute Gasteiger partial charge is 0.252 e. The summed E-state index contributed by atoms with van der Waals surface area (Å²) < 4.78 is 5.32. The van der Waals surface area contributed by atoms with Crippen LogP contribution in [-0.4, -0.2) is 50.7 Å². The maximum absolute atomic E-state index is 11.9. The second kappa shape index (κ2) is 7.97. The van der Waals surface area contributed by atoms with E-state index in [0.717, 1.165) is 6.54 Å². The van der Waals surface area contributed by atoms with E-state index in [0.29, 0.717) is 36.8 Å². The van der Waals surface area contributed by atoms with Gasteiger partial charge in [-0.3, -0.25) is 9.59 Å². The van der Waals surface area contributed by atoms with Crippen molar-refractivity contribution in [3.8, 4) is 0 Å². The molecule has 3 N–H and O–H groups in total. The molecule has 1 saturated heterocycles. The highest BCUT2D eigenvalue weighted by Crippen LogP contribution is 2.14. The summed E-state index contributed by atoms with van der Waals surface area (Å²) in [7, 11) is 0. The van der Waals surface area contributed by atoms with E-state index in [1.165, 1.54) is 0 Å². The van der Waals surface area contributed by atoms with Crippen LogP contribution in [0.5, 0.6) is 0 Å². The summed E-state index contributed by atoms with van der Waals surface area (Å²) in [6, 6.07) is 6.82. The number of halogens is 1. The number of ether oxygens (including phenoxy) is 1. The molecule has 0 bridgehead atoms. The predicted octanol–water partition coefficient (Wildman–Crippen LogP) is 0.174. The Morgan fingerprint density at radius 1 is 1.29 bits per heavy atom. The van der Waals surface area contributed by atoms with E-state index in [2.05, 4.69) is 16.0 Å². The van der Waals surface area contributed by atoms with E-state index < -0.39 is 6.10 Å². The fraction of sp³-hybridized carbons (Fsp3) is 0.429. The van der Waals surface area contributed by atoms with Crippen LogP contribution < -0.4 is 16.0 Å². The lowest BCUT2D eigenvalue weighted by Gasteiger charge is -2.22. The molecule has 1 fully saturated rings. The Hall–Kier alpha value is -1.63. The van der Waals surface area contributed by atoms with Gasteiger partial charge in [0.1, 0.15) is 6.10 Å². The minimum atomic E-state index is -0.460. The summed E-state index contributed by atoms with van der Waals surface area (Å²) in [5.74, 6) is -0.431. The molecule has 0 radical (unpaired) electrons. The van der Waals surface area contributed by atoms with E-state index in [1.807, 2.05) is 0 Å². The zero-order chi connectivity index (χ0) is 15.1. The van der Waals surface area contributed by atoms with Crippen molar-refractivity contribution in [2.45, 2.75) is 6.10 Å². The van der Waals surface area contributed by atoms with Crippen LogP contribution in [0.4, 0.5) is 0 Å². The summed E-state index contributed by atoms with van der Waals surface area (Å²) >= 11 is 5.93. The van der Waals surface area contributed by atoms with Crippen molar-refractivity contribution in [1.29, 1.82) is 0 Å². The quantitative estimate of drug-likeness (QED) is 0.678. The van der Waals surface area contributed by atoms with Gasteiger partial charge in [-0.1, -0.05) is 23.7 Å². The van der Waals surface area contributed by atoms with E-state index >= 15 is 0 Å². The third kappa shape index (κ3) is 4.70. The minimum absolute atomic E-state index is 0.172. The normalized spacial score (nSPS) is 18.0. The predicted molar refractivity (Wildman–Crippen MR) is 79.4 cm³/mol. The van der Waals surface area contributed by atoms with Gasteiger partial charge in [-0.15, -0.1) is 0 Å². The number of carbonyl (C=O) groups excluding carboxylic acids is 2. The minimum Gasteiger partial charge on any atom is -0.366 e. The Balaban J connectivity index is 1.68. The number of hydrogen-bond acceptors (Lipinski definition) is 4. The first kappa shape index (κ1) is 15.8. The first-order valence-electron chi connectivity index (χ1n) is 6.81. The maximum atomic E-state index is 11.9. The van der Waals surface area contributed by atoms with Crippen molar-refractivity contribution in [1.82, 2.24) is 16.0 Å². The van der Waals surface area contributed by atoms with Gasteiger partial charge in [-0.25, -0.2) is 0 Å². The van der Waals surface area contributed by atoms with E-state index in [9.17, 15) is 9.59 Å². The SMILES string of the molecule is O=C(NCCNC(=O)[C@H]1CNCCO1)c1ccccc1Cl. The van der Waals surface area contributed by atoms with Gasteiger partial charge in [0.25, 0.3) is 11.8 Å². The van der Waals surface area contributed by atoms with Crippen LogP contribution in [0.1, 0.15) is 10.4 Å². The third-order valence-corrected chi connectivity index (χ3v) is 3.38. The molecule has 2 amide bonds. The molecule has 21 heavy (non-hydrogen) atoms. The molecule has 0 saturated carbocycles. The van der Waals surface area contributed by atoms with Crippen molar-refractivity contribution in [2.75, 3.05) is 32.8 Å². The van der Waals surface area contributed by atoms with Crippen LogP contribution in [0, 0.1) is 0 Å². The fourth-order valence-corrected chi connectivity index (χ4v) is 2.17. The number of carbonyl (C=O) groups is 2. The Morgan fingerprint density at radius 2 is 2.05 bits per heavy atom. The van der Waals surface area contributed by atoms with Crippen molar-refractivity contribution >= 4 is 23.4 Å². The fourth-order valence-electron chi connectivity index (χ4n) is 1.95. The van der Waals surface area contributed by atoms with Crippen LogP contribution in [-0.2, 0) is 9.53 Å². The molecular weight excluding hydrogens is 294 g/mol. The van der Waals surface area contributed by atoms with Gasteiger partial charge >= 0.3 is 0 Å². The monoisotopic (exact) mass is 311 g/mol. The standard InChI is InChI=1S/C14H18ClN3O3/c15-11-4-2-1-3-10(11)13(19)17-5-6-18-14(20)12-9-16-7-8-21-12/h1-4,12,16H,5-9H2,(H,17,19)(H,18,20)/t12-/m1/s1. The van der Waals surface area contributed by atoms with Crippen molar-refractivity contribution in [3.05, 3.63) is 34.9 Å². The third-order valence-electron chi connectivity index (χ3n) is 3.05. The molecule has 1 aromatic rings. The Bertz CT molecular complexity index is 504. The molecule has 114 valence electrons. The van der Waals surface area contributed by atoms with Crippen LogP contribution in [0.25, 0.3) is 0 Å². The first-order chi connectivity index (χ1) is 10.2. The van der Waals surface area contributed by atoms with Crippen molar-refractivity contribution < 1.29 is 14.3 Å². The summed E-state index contributed by atoms with van der Waals surface area (Å²) in [4.78, 5) is 23.6. The van der Waals surface area contributed by atoms with Crippen LogP contribution in [0.3, 0.4) is 0 Å². The van der Waals surface area contributed by atoms with Crippen molar-refractivity contribution in [3.63, 3.8) is 0 Å². The van der Waals surface area contributed by atoms with Gasteiger partial charge in [0.2, 0.25) is 0 Å². The number of hydrogen-bond donors (Lipinski definition) is 3. The zero-order valence-electron chi connectivity index (χ0n) is 11.5. The van der Waals surface area contributed by atoms with E-state index in [1.54, 1.807) is 24.3 Å². The van der Waals surface area contributed by atoms with Gasteiger partial charge in [0, 0.05) is 26.2 Å². The number of rotatable bonds is 5. The Kier molecular flexibility index (Phi) is 5.98. The maximum Gasteiger partial charge on any atom is 0.252 e. The van der Waals surface area contributed by atoms with Gasteiger partial charge in [-0.05, 0) is 12.1 Å². The van der Waals surface area contributed by atoms with Crippen LogP contribution in [0.15, 0.2) is 24.3 Å². The van der Waals surface area contributed by atoms with E-state index in [4.69, 9.17) is 16.3 Å². The average molecular weight is 312 g/mol. The lowest BCUT2D eigenvalue weighted by atomic mass is 10.2. The molecule has 0 aromatic heterocycles. The summed E-state index contributed by atoms with van der Waals surface area (Å²) in [5, 5.41) is 8.91. The molecular formula is C14H18ClN3O3. The van der Waals surface area contributed by atoms with Gasteiger partial charge in [0.05, 0.1) is 17.2 Å². The molecule has 7 heteroatoms. The molecule has 0 aliphatic carbocycles. The first-order valence-corrected chi connectivity index (χ1v) is 7.19. The molecule has 1 atom stereocenters. The second-order valence-corrected chi connectivity index (χ2v) is 5.00. The lowest BCUT2D eigenvalue weighted by molar-refractivity contribution is -0.134. The number of nitrogens with one attached hydrogen (secondary N) is 3. The van der Waals surface area contributed by atoms with Crippen molar-refractivity contribution in [2.24, 2.45) is 0 Å². The van der Waals surface area contributed by atoms with Gasteiger partial charge in [-0.2, -0.15) is 0 Å². The molecule has 1 aromatic carbocycles. The molecule has 6 nitrogen and oxygen atoms in total. The molecule has 0 spiro atoms. The lowest BCUT2D eigenvalue weighted by Crippen LogP contribution is -2.49. The second-order valence-electron chi connectivity index (χ2n) is 4.59. The van der Waals surface area contributed by atoms with Gasteiger partial charge < -0.3 is 20.7 Å². The molecule has 0 unspecified atom stereocenters. The molecule has 1 heterocycles. The summed E-state index contributed by atoms with van der Waals surface area (Å²) in [5.41, 5.74) is 0.422. The number of benzene rings is 1. The number of amides is 2. The largest absolute Gasteiger partial charge is 0.366 e. The van der Waals surface area contributed by atoms with E-state index in [-0.39, 0.29) is 11.8 Å². The highest BCUT2D eigenvalue weighted by Gasteiger charge is 2.21. The van der Waals surface area contributed by atoms with Gasteiger partial charge in [0.15, 0.2) is 0 Å². The summed E-state index contributed by atoms with van der Waals surface area (Å²) in [6.45, 7) is 2.47. The number of morpholine rings is 1. The van der Waals surface area contributed by atoms with Crippen LogP contribution >= 0.6 is 11.6 Å². The Labute approximate surface area is 128 Å². The zero-order valence-corrected chi connectivity index (χ0v) is 12.3. The van der Waals surface area contributed by atoms with Crippen LogP contribution in [0.2, 0.25) is 5.02 Å². The molecule has 1 aliphatic heterocycles. The average Bonchev–Trinajstić information content (AvgIpc) is 2.52. The molecule has 1 aliphatic rings. The highest BCUT2D eigenvalue weighted by atomic mass is 35.5. The Morgan fingerprint density at radius 3 is 2.76 bits per heavy atom.